The van der Waals surface area contributed by atoms with Gasteiger partial charge in [-0.2, -0.15) is 5.10 Å². The van der Waals surface area contributed by atoms with E-state index in [2.05, 4.69) is 25.6 Å². The molecule has 2 aromatic rings. The van der Waals surface area contributed by atoms with Crippen LogP contribution in [0, 0.1) is 0 Å². The summed E-state index contributed by atoms with van der Waals surface area (Å²) < 4.78 is 4.46. The summed E-state index contributed by atoms with van der Waals surface area (Å²) >= 11 is 1.26. The normalized spacial score (nSPS) is 10.5. The van der Waals surface area contributed by atoms with Crippen molar-refractivity contribution in [3.63, 3.8) is 0 Å². The Balaban J connectivity index is 2.22. The van der Waals surface area contributed by atoms with Gasteiger partial charge in [-0.1, -0.05) is 0 Å². The maximum Gasteiger partial charge on any atom is 0.406 e. The van der Waals surface area contributed by atoms with Gasteiger partial charge in [-0.05, 0) is 18.2 Å². The summed E-state index contributed by atoms with van der Waals surface area (Å²) in [7, 11) is 2.74. The SMILES string of the molecule is CNC(=O)c1n[nH]c2cc(C=O)c(SCCCNC(=O)OC)c(O)c12. The number of amides is 2. The van der Waals surface area contributed by atoms with Crippen molar-refractivity contribution in [1.82, 2.24) is 20.8 Å². The quantitative estimate of drug-likeness (QED) is 0.329. The number of methoxy groups -OCH3 is 1. The van der Waals surface area contributed by atoms with Gasteiger partial charge in [0.05, 0.1) is 22.9 Å². The third-order valence-electron chi connectivity index (χ3n) is 3.40. The summed E-state index contributed by atoms with van der Waals surface area (Å²) in [6.45, 7) is 0.397. The second kappa shape index (κ2) is 8.38. The van der Waals surface area contributed by atoms with Crippen LogP contribution in [0.2, 0.25) is 0 Å². The largest absolute Gasteiger partial charge is 0.506 e. The van der Waals surface area contributed by atoms with Gasteiger partial charge < -0.3 is 20.5 Å². The van der Waals surface area contributed by atoms with Crippen LogP contribution in [0.5, 0.6) is 5.75 Å². The first-order valence-electron chi connectivity index (χ1n) is 7.39. The van der Waals surface area contributed by atoms with E-state index in [0.29, 0.717) is 41.0 Å². The van der Waals surface area contributed by atoms with E-state index in [9.17, 15) is 19.5 Å². The van der Waals surface area contributed by atoms with Crippen LogP contribution in [0.15, 0.2) is 11.0 Å². The molecule has 0 atom stereocenters. The van der Waals surface area contributed by atoms with Crippen LogP contribution in [0.3, 0.4) is 0 Å². The number of hydrogen-bond acceptors (Lipinski definition) is 7. The highest BCUT2D eigenvalue weighted by Crippen LogP contribution is 2.39. The van der Waals surface area contributed by atoms with Gasteiger partial charge in [-0.25, -0.2) is 4.79 Å². The van der Waals surface area contributed by atoms with Crippen LogP contribution in [-0.2, 0) is 4.74 Å². The Kier molecular flexibility index (Phi) is 6.23. The number of ether oxygens (including phenoxy) is 1. The molecule has 0 unspecified atom stereocenters. The summed E-state index contributed by atoms with van der Waals surface area (Å²) in [6, 6.07) is 1.54. The van der Waals surface area contributed by atoms with Crippen molar-refractivity contribution < 1.29 is 24.2 Å². The number of aromatic nitrogens is 2. The fourth-order valence-electron chi connectivity index (χ4n) is 2.20. The number of aromatic amines is 1. The number of phenolic OH excluding ortho intramolecular Hbond substituents is 1. The first-order valence-corrected chi connectivity index (χ1v) is 8.38. The van der Waals surface area contributed by atoms with Crippen molar-refractivity contribution in [2.45, 2.75) is 11.3 Å². The molecule has 0 saturated carbocycles. The fraction of sp³-hybridized carbons (Fsp3) is 0.333. The number of aromatic hydroxyl groups is 1. The van der Waals surface area contributed by atoms with Crippen LogP contribution < -0.4 is 10.6 Å². The van der Waals surface area contributed by atoms with Gasteiger partial charge in [0.25, 0.3) is 5.91 Å². The zero-order valence-electron chi connectivity index (χ0n) is 13.7. The molecular formula is C15H18N4O5S. The molecule has 2 amide bonds. The number of aldehydes is 1. The minimum absolute atomic E-state index is 0.0571. The van der Waals surface area contributed by atoms with Gasteiger partial charge in [-0.3, -0.25) is 14.7 Å². The average Bonchev–Trinajstić information content (AvgIpc) is 3.05. The molecule has 10 heteroatoms. The van der Waals surface area contributed by atoms with E-state index in [-0.39, 0.29) is 16.8 Å². The lowest BCUT2D eigenvalue weighted by Gasteiger charge is -2.09. The topological polar surface area (TPSA) is 133 Å². The molecule has 0 fully saturated rings. The summed E-state index contributed by atoms with van der Waals surface area (Å²) in [5.74, 6) is -0.0756. The summed E-state index contributed by atoms with van der Waals surface area (Å²) in [6.07, 6.45) is 0.717. The maximum atomic E-state index is 11.9. The highest BCUT2D eigenvalue weighted by atomic mass is 32.2. The first kappa shape index (κ1) is 18.6. The monoisotopic (exact) mass is 366 g/mol. The molecule has 134 valence electrons. The number of alkyl carbamates (subject to hydrolysis) is 1. The summed E-state index contributed by atoms with van der Waals surface area (Å²) in [5, 5.41) is 22.3. The number of thioether (sulfide) groups is 1. The van der Waals surface area contributed by atoms with E-state index in [1.54, 1.807) is 0 Å². The number of hydrogen-bond donors (Lipinski definition) is 4. The van der Waals surface area contributed by atoms with E-state index >= 15 is 0 Å². The minimum atomic E-state index is -0.517. The van der Waals surface area contributed by atoms with Gasteiger partial charge in [0, 0.05) is 19.2 Å². The van der Waals surface area contributed by atoms with Gasteiger partial charge >= 0.3 is 6.09 Å². The minimum Gasteiger partial charge on any atom is -0.506 e. The van der Waals surface area contributed by atoms with Crippen LogP contribution in [0.25, 0.3) is 10.9 Å². The first-order chi connectivity index (χ1) is 12.0. The van der Waals surface area contributed by atoms with Gasteiger partial charge in [0.1, 0.15) is 5.75 Å². The Morgan fingerprint density at radius 1 is 1.48 bits per heavy atom. The smallest absolute Gasteiger partial charge is 0.406 e. The van der Waals surface area contributed by atoms with E-state index < -0.39 is 12.0 Å². The Labute approximate surface area is 147 Å². The molecule has 0 spiro atoms. The number of fused-ring (bicyclic) bond motifs is 1. The number of rotatable bonds is 7. The van der Waals surface area contributed by atoms with Crippen molar-refractivity contribution in [2.24, 2.45) is 0 Å². The molecule has 4 N–H and O–H groups in total. The number of benzene rings is 1. The second-order valence-corrected chi connectivity index (χ2v) is 6.06. The molecule has 0 saturated heterocycles. The zero-order valence-corrected chi connectivity index (χ0v) is 14.5. The molecular weight excluding hydrogens is 348 g/mol. The number of nitrogens with zero attached hydrogens (tertiary/aromatic N) is 1. The number of carbonyl (C=O) groups is 3. The lowest BCUT2D eigenvalue weighted by atomic mass is 10.1. The van der Waals surface area contributed by atoms with Crippen molar-refractivity contribution >= 4 is 41.0 Å². The van der Waals surface area contributed by atoms with Crippen LogP contribution in [0.4, 0.5) is 4.79 Å². The lowest BCUT2D eigenvalue weighted by molar-refractivity contribution is 0.0959. The molecule has 0 aliphatic rings. The van der Waals surface area contributed by atoms with E-state index in [1.807, 2.05) is 0 Å². The van der Waals surface area contributed by atoms with Gasteiger partial charge in [-0.15, -0.1) is 11.8 Å². The van der Waals surface area contributed by atoms with Crippen molar-refractivity contribution in [3.05, 3.63) is 17.3 Å². The van der Waals surface area contributed by atoms with Crippen molar-refractivity contribution in [2.75, 3.05) is 26.5 Å². The predicted octanol–water partition coefficient (Wildman–Crippen LogP) is 1.28. The average molecular weight is 366 g/mol. The van der Waals surface area contributed by atoms with Crippen LogP contribution >= 0.6 is 11.8 Å². The summed E-state index contributed by atoms with van der Waals surface area (Å²) in [5.41, 5.74) is 0.750. The molecule has 1 aromatic heterocycles. The third kappa shape index (κ3) is 4.02. The Morgan fingerprint density at radius 3 is 2.88 bits per heavy atom. The molecule has 9 nitrogen and oxygen atoms in total. The Morgan fingerprint density at radius 2 is 2.24 bits per heavy atom. The van der Waals surface area contributed by atoms with Crippen LogP contribution in [-0.4, -0.2) is 60.0 Å². The maximum absolute atomic E-state index is 11.9. The molecule has 2 rings (SSSR count). The van der Waals surface area contributed by atoms with E-state index in [0.717, 1.165) is 0 Å². The van der Waals surface area contributed by atoms with Crippen molar-refractivity contribution in [1.29, 1.82) is 0 Å². The molecule has 25 heavy (non-hydrogen) atoms. The van der Waals surface area contributed by atoms with E-state index in [4.69, 9.17) is 0 Å². The molecule has 1 heterocycles. The van der Waals surface area contributed by atoms with E-state index in [1.165, 1.54) is 32.0 Å². The Hall–Kier alpha value is -2.75. The summed E-state index contributed by atoms with van der Waals surface area (Å²) in [4.78, 5) is 34.5. The number of nitrogens with one attached hydrogen (secondary N) is 3. The number of carbonyl (C=O) groups excluding carboxylic acids is 3. The molecule has 0 aliphatic carbocycles. The molecule has 1 aromatic carbocycles. The third-order valence-corrected chi connectivity index (χ3v) is 4.61. The standard InChI is InChI=1S/C15H18N4O5S/c1-16-14(22)11-10-9(18-19-11)6-8(7-20)13(12(10)21)25-5-3-4-17-15(23)24-2/h6-7,21H,3-5H2,1-2H3,(H,16,22)(H,17,23)(H,18,19). The molecule has 0 aliphatic heterocycles. The zero-order chi connectivity index (χ0) is 18.4. The Bertz CT molecular complexity index is 805. The van der Waals surface area contributed by atoms with Gasteiger partial charge in [0.15, 0.2) is 12.0 Å². The number of H-pyrrole nitrogens is 1. The predicted molar refractivity (Wildman–Crippen MR) is 92.3 cm³/mol. The highest BCUT2D eigenvalue weighted by Gasteiger charge is 2.21. The highest BCUT2D eigenvalue weighted by molar-refractivity contribution is 7.99. The molecule has 0 radical (unpaired) electrons. The fourth-order valence-corrected chi connectivity index (χ4v) is 3.21. The lowest BCUT2D eigenvalue weighted by Crippen LogP contribution is -2.24. The van der Waals surface area contributed by atoms with Gasteiger partial charge in [0.2, 0.25) is 0 Å². The molecule has 0 bridgehead atoms. The van der Waals surface area contributed by atoms with Crippen LogP contribution in [0.1, 0.15) is 27.3 Å². The second-order valence-electron chi connectivity index (χ2n) is 4.96. The number of phenols is 1. The van der Waals surface area contributed by atoms with Crippen molar-refractivity contribution in [3.8, 4) is 5.75 Å².